The number of rotatable bonds is 9. The van der Waals surface area contributed by atoms with Crippen molar-refractivity contribution < 1.29 is 24.5 Å². The van der Waals surface area contributed by atoms with E-state index in [0.717, 1.165) is 23.4 Å². The van der Waals surface area contributed by atoms with Gasteiger partial charge in [0, 0.05) is 31.6 Å². The van der Waals surface area contributed by atoms with E-state index in [9.17, 15) is 20.0 Å². The molecule has 2 aromatic rings. The second-order valence-corrected chi connectivity index (χ2v) is 11.0. The van der Waals surface area contributed by atoms with E-state index in [1.54, 1.807) is 9.58 Å². The summed E-state index contributed by atoms with van der Waals surface area (Å²) in [6, 6.07) is 7.05. The molecule has 5 rings (SSSR count). The number of amides is 1. The van der Waals surface area contributed by atoms with Gasteiger partial charge in [-0.05, 0) is 68.4 Å². The average Bonchev–Trinajstić information content (AvgIpc) is 3.52. The molecule has 1 saturated carbocycles. The quantitative estimate of drug-likeness (QED) is 0.246. The van der Waals surface area contributed by atoms with E-state index in [0.29, 0.717) is 51.6 Å². The molecule has 2 fully saturated rings. The van der Waals surface area contributed by atoms with Crippen LogP contribution in [0, 0.1) is 29.2 Å². The van der Waals surface area contributed by atoms with Crippen LogP contribution in [0.25, 0.3) is 0 Å². The highest BCUT2D eigenvalue weighted by molar-refractivity contribution is 6.07. The molecule has 11 nitrogen and oxygen atoms in total. The van der Waals surface area contributed by atoms with Gasteiger partial charge in [0.15, 0.2) is 6.19 Å². The molecular weight excluding hydrogens is 500 g/mol. The number of benzene rings is 1. The van der Waals surface area contributed by atoms with E-state index in [2.05, 4.69) is 21.8 Å². The van der Waals surface area contributed by atoms with E-state index < -0.39 is 29.4 Å². The van der Waals surface area contributed by atoms with Crippen molar-refractivity contribution in [3.63, 3.8) is 0 Å². The topological polar surface area (TPSA) is 154 Å². The number of esters is 1. The molecule has 1 aliphatic carbocycles. The Hall–Kier alpha value is -3.49. The van der Waals surface area contributed by atoms with Gasteiger partial charge in [-0.25, -0.2) is 0 Å². The Labute approximate surface area is 227 Å². The van der Waals surface area contributed by atoms with Crippen molar-refractivity contribution in [1.82, 2.24) is 19.9 Å². The highest BCUT2D eigenvalue weighted by atomic mass is 16.5. The molecule has 208 valence electrons. The van der Waals surface area contributed by atoms with Crippen LogP contribution in [-0.2, 0) is 32.7 Å². The minimum atomic E-state index is -1.07. The van der Waals surface area contributed by atoms with Gasteiger partial charge in [0.2, 0.25) is 5.91 Å². The Balaban J connectivity index is 1.49. The number of piperidine rings is 1. The molecule has 2 aliphatic heterocycles. The molecular formula is C28H36N6O5. The standard InChI is InChI=1S/C28H36N6O5/c1-39-26(37)25-20-14-24(33(17-29)15-18(20)9-10-23(25)36)28(21-7-2-3-8-22(21)30-27(28)38)11-12-34-16-19(31-32-34)6-4-5-13-35/h2-3,7-8,16,18,20,23-25,35-36H,4-6,9-15H2,1H3,(H,30,38)/t18-,20-,23-,24-,25+,28-/m0/s1. The predicted octanol–water partition coefficient (Wildman–Crippen LogP) is 1.60. The third kappa shape index (κ3) is 4.87. The first kappa shape index (κ1) is 27.1. The lowest BCUT2D eigenvalue weighted by Gasteiger charge is -2.52. The normalized spacial score (nSPS) is 29.7. The predicted molar refractivity (Wildman–Crippen MR) is 140 cm³/mol. The van der Waals surface area contributed by atoms with Crippen molar-refractivity contribution in [1.29, 1.82) is 5.26 Å². The van der Waals surface area contributed by atoms with Crippen molar-refractivity contribution in [3.8, 4) is 6.19 Å². The fourth-order valence-corrected chi connectivity index (χ4v) is 7.09. The molecule has 0 radical (unpaired) electrons. The zero-order valence-electron chi connectivity index (χ0n) is 22.2. The first-order valence-corrected chi connectivity index (χ1v) is 13.8. The molecule has 6 atom stereocenters. The number of ether oxygens (including phenoxy) is 1. The van der Waals surface area contributed by atoms with Crippen LogP contribution in [0.15, 0.2) is 30.5 Å². The first-order chi connectivity index (χ1) is 18.9. The summed E-state index contributed by atoms with van der Waals surface area (Å²) in [7, 11) is 1.33. The van der Waals surface area contributed by atoms with E-state index in [1.807, 2.05) is 30.5 Å². The summed E-state index contributed by atoms with van der Waals surface area (Å²) in [6.07, 6.45) is 7.59. The number of aromatic nitrogens is 3. The second kappa shape index (κ2) is 11.3. The van der Waals surface area contributed by atoms with Crippen LogP contribution >= 0.6 is 0 Å². The highest BCUT2D eigenvalue weighted by Crippen LogP contribution is 2.51. The monoisotopic (exact) mass is 536 g/mol. The van der Waals surface area contributed by atoms with Gasteiger partial charge >= 0.3 is 5.97 Å². The van der Waals surface area contributed by atoms with Crippen molar-refractivity contribution in [2.45, 2.75) is 69.1 Å². The number of unbranched alkanes of at least 4 members (excludes halogenated alkanes) is 1. The fourth-order valence-electron chi connectivity index (χ4n) is 7.09. The number of carbonyl (C=O) groups excluding carboxylic acids is 2. The Bertz CT molecular complexity index is 1240. The van der Waals surface area contributed by atoms with Gasteiger partial charge in [-0.3, -0.25) is 14.3 Å². The van der Waals surface area contributed by atoms with Gasteiger partial charge < -0.3 is 25.2 Å². The summed E-state index contributed by atoms with van der Waals surface area (Å²) >= 11 is 0. The largest absolute Gasteiger partial charge is 0.469 e. The molecule has 3 heterocycles. The molecule has 1 saturated heterocycles. The second-order valence-electron chi connectivity index (χ2n) is 11.0. The molecule has 0 unspecified atom stereocenters. The zero-order valence-corrected chi connectivity index (χ0v) is 22.2. The van der Waals surface area contributed by atoms with Gasteiger partial charge in [-0.15, -0.1) is 5.10 Å². The van der Waals surface area contributed by atoms with Crippen LogP contribution < -0.4 is 5.32 Å². The Kier molecular flexibility index (Phi) is 7.86. The number of para-hydroxylation sites is 1. The summed E-state index contributed by atoms with van der Waals surface area (Å²) < 4.78 is 6.81. The zero-order chi connectivity index (χ0) is 27.6. The van der Waals surface area contributed by atoms with Crippen LogP contribution in [0.1, 0.15) is 49.8 Å². The van der Waals surface area contributed by atoms with Crippen LogP contribution in [0.2, 0.25) is 0 Å². The average molecular weight is 537 g/mol. The minimum Gasteiger partial charge on any atom is -0.469 e. The molecule has 1 aromatic heterocycles. The van der Waals surface area contributed by atoms with Crippen molar-refractivity contribution in [3.05, 3.63) is 41.7 Å². The van der Waals surface area contributed by atoms with E-state index in [-0.39, 0.29) is 24.3 Å². The van der Waals surface area contributed by atoms with Crippen LogP contribution in [0.5, 0.6) is 0 Å². The maximum atomic E-state index is 14.0. The smallest absolute Gasteiger partial charge is 0.311 e. The number of nitrogens with zero attached hydrogens (tertiary/aromatic N) is 5. The van der Waals surface area contributed by atoms with Gasteiger partial charge in [0.25, 0.3) is 0 Å². The fraction of sp³-hybridized carbons (Fsp3) is 0.607. The van der Waals surface area contributed by atoms with Gasteiger partial charge in [-0.2, -0.15) is 5.26 Å². The van der Waals surface area contributed by atoms with Crippen molar-refractivity contribution in [2.75, 3.05) is 25.6 Å². The Morgan fingerprint density at radius 3 is 2.90 bits per heavy atom. The molecule has 3 aliphatic rings. The van der Waals surface area contributed by atoms with E-state index in [1.165, 1.54) is 7.11 Å². The Morgan fingerprint density at radius 2 is 2.13 bits per heavy atom. The summed E-state index contributed by atoms with van der Waals surface area (Å²) in [4.78, 5) is 28.5. The van der Waals surface area contributed by atoms with E-state index >= 15 is 0 Å². The minimum absolute atomic E-state index is 0.0435. The number of hydrogen-bond acceptors (Lipinski definition) is 9. The van der Waals surface area contributed by atoms with Gasteiger partial charge in [-0.1, -0.05) is 23.4 Å². The number of nitrogens with one attached hydrogen (secondary N) is 1. The number of aryl methyl sites for hydroxylation is 2. The number of aliphatic hydroxyl groups excluding tert-OH is 2. The number of anilines is 1. The van der Waals surface area contributed by atoms with Crippen LogP contribution in [0.4, 0.5) is 5.69 Å². The molecule has 0 spiro atoms. The lowest BCUT2D eigenvalue weighted by molar-refractivity contribution is -0.160. The van der Waals surface area contributed by atoms with Crippen LogP contribution in [-0.4, -0.2) is 74.4 Å². The number of nitriles is 1. The maximum Gasteiger partial charge on any atom is 0.311 e. The lowest BCUT2D eigenvalue weighted by Crippen LogP contribution is -2.61. The number of fused-ring (bicyclic) bond motifs is 2. The molecule has 1 amide bonds. The molecule has 1 aromatic carbocycles. The van der Waals surface area contributed by atoms with Crippen molar-refractivity contribution in [2.24, 2.45) is 17.8 Å². The first-order valence-electron chi connectivity index (χ1n) is 13.8. The summed E-state index contributed by atoms with van der Waals surface area (Å²) in [5.41, 5.74) is 1.31. The summed E-state index contributed by atoms with van der Waals surface area (Å²) in [5, 5.41) is 41.7. The summed E-state index contributed by atoms with van der Waals surface area (Å²) in [6.45, 7) is 0.959. The number of aliphatic hydroxyl groups is 2. The molecule has 39 heavy (non-hydrogen) atoms. The van der Waals surface area contributed by atoms with Gasteiger partial charge in [0.1, 0.15) is 0 Å². The maximum absolute atomic E-state index is 14.0. The number of carbonyl (C=O) groups is 2. The van der Waals surface area contributed by atoms with Gasteiger partial charge in [0.05, 0.1) is 36.3 Å². The van der Waals surface area contributed by atoms with Crippen molar-refractivity contribution >= 4 is 17.6 Å². The molecule has 3 N–H and O–H groups in total. The highest BCUT2D eigenvalue weighted by Gasteiger charge is 2.58. The molecule has 11 heteroatoms. The Morgan fingerprint density at radius 1 is 1.31 bits per heavy atom. The number of likely N-dealkylation sites (tertiary alicyclic amines) is 1. The lowest BCUT2D eigenvalue weighted by atomic mass is 9.60. The molecule has 0 bridgehead atoms. The van der Waals surface area contributed by atoms with E-state index in [4.69, 9.17) is 9.84 Å². The number of methoxy groups -OCH3 is 1. The summed E-state index contributed by atoms with van der Waals surface area (Å²) in [5.74, 6) is -1.48. The SMILES string of the molecule is COC(=O)[C@@H]1[C@H]2C[C@@H]([C@@]3(CCn4cc(CCCCO)nn4)C(=O)Nc4ccccc43)N(C#N)C[C@@H]2CC[C@@H]1O. The number of hydrogen-bond donors (Lipinski definition) is 3. The van der Waals surface area contributed by atoms with Crippen LogP contribution in [0.3, 0.4) is 0 Å². The third-order valence-electron chi connectivity index (χ3n) is 9.01. The third-order valence-corrected chi connectivity index (χ3v) is 9.01.